The highest BCUT2D eigenvalue weighted by atomic mass is 32.2. The molecule has 0 aliphatic heterocycles. The molecule has 0 aromatic heterocycles. The third-order valence-electron chi connectivity index (χ3n) is 4.55. The molecule has 6 heteroatoms. The Hall–Kier alpha value is -2.34. The summed E-state index contributed by atoms with van der Waals surface area (Å²) in [6.45, 7) is 5.77. The number of nitrogens with one attached hydrogen (secondary N) is 1. The number of hydrogen-bond donors (Lipinski definition) is 1. The monoisotopic (exact) mass is 388 g/mol. The van der Waals surface area contributed by atoms with Crippen LogP contribution in [0, 0.1) is 0 Å². The lowest BCUT2D eigenvalue weighted by atomic mass is 10.0. The number of sulfonamides is 1. The van der Waals surface area contributed by atoms with Gasteiger partial charge in [0, 0.05) is 5.69 Å². The molecule has 0 bridgehead atoms. The molecule has 5 nitrogen and oxygen atoms in total. The van der Waals surface area contributed by atoms with E-state index < -0.39 is 10.0 Å². The second kappa shape index (κ2) is 9.04. The molecule has 0 spiro atoms. The largest absolute Gasteiger partial charge is 0.325 e. The number of rotatable bonds is 8. The van der Waals surface area contributed by atoms with E-state index in [1.165, 1.54) is 9.87 Å². The molecule has 0 aliphatic rings. The van der Waals surface area contributed by atoms with E-state index in [4.69, 9.17) is 0 Å². The number of benzene rings is 2. The number of hydrogen-bond acceptors (Lipinski definition) is 3. The summed E-state index contributed by atoms with van der Waals surface area (Å²) in [6.07, 6.45) is 3.44. The van der Waals surface area contributed by atoms with Gasteiger partial charge in [0.25, 0.3) is 0 Å². The van der Waals surface area contributed by atoms with Gasteiger partial charge in [-0.3, -0.25) is 9.10 Å². The quantitative estimate of drug-likeness (QED) is 0.748. The van der Waals surface area contributed by atoms with E-state index >= 15 is 0 Å². The molecule has 0 aliphatic carbocycles. The van der Waals surface area contributed by atoms with Crippen LogP contribution in [0.1, 0.15) is 37.5 Å². The van der Waals surface area contributed by atoms with Crippen molar-refractivity contribution in [2.45, 2.75) is 40.0 Å². The summed E-state index contributed by atoms with van der Waals surface area (Å²) in [6, 6.07) is 13.3. The fourth-order valence-corrected chi connectivity index (χ4v) is 3.97. The first kappa shape index (κ1) is 21.0. The predicted octanol–water partition coefficient (Wildman–Crippen LogP) is 3.78. The molecule has 0 heterocycles. The molecule has 0 fully saturated rings. The van der Waals surface area contributed by atoms with Gasteiger partial charge in [0.05, 0.1) is 11.9 Å². The first-order valence-corrected chi connectivity index (χ1v) is 11.1. The van der Waals surface area contributed by atoms with E-state index in [2.05, 4.69) is 12.2 Å². The number of amides is 1. The highest BCUT2D eigenvalue weighted by Gasteiger charge is 2.25. The van der Waals surface area contributed by atoms with Crippen molar-refractivity contribution in [1.29, 1.82) is 0 Å². The summed E-state index contributed by atoms with van der Waals surface area (Å²) < 4.78 is 26.2. The molecule has 27 heavy (non-hydrogen) atoms. The van der Waals surface area contributed by atoms with Crippen LogP contribution in [0.2, 0.25) is 0 Å². The van der Waals surface area contributed by atoms with Crippen LogP contribution in [0.5, 0.6) is 0 Å². The zero-order valence-corrected chi connectivity index (χ0v) is 17.3. The Morgan fingerprint density at radius 1 is 0.926 bits per heavy atom. The van der Waals surface area contributed by atoms with Gasteiger partial charge >= 0.3 is 0 Å². The second-order valence-corrected chi connectivity index (χ2v) is 8.41. The highest BCUT2D eigenvalue weighted by molar-refractivity contribution is 7.92. The number of para-hydroxylation sites is 1. The Balaban J connectivity index is 2.32. The first-order chi connectivity index (χ1) is 12.8. The molecule has 2 aromatic rings. The minimum absolute atomic E-state index is 0.252. The van der Waals surface area contributed by atoms with Crippen LogP contribution in [0.25, 0.3) is 0 Å². The van der Waals surface area contributed by atoms with E-state index in [1.807, 2.05) is 56.3 Å². The van der Waals surface area contributed by atoms with Gasteiger partial charge in [-0.05, 0) is 48.1 Å². The molecule has 0 atom stereocenters. The molecule has 2 rings (SSSR count). The third-order valence-corrected chi connectivity index (χ3v) is 5.66. The molecule has 146 valence electrons. The summed E-state index contributed by atoms with van der Waals surface area (Å²) in [5, 5.41) is 2.80. The maximum absolute atomic E-state index is 12.6. The summed E-state index contributed by atoms with van der Waals surface area (Å²) in [7, 11) is -3.61. The number of nitrogens with zero attached hydrogens (tertiary/aromatic N) is 1. The van der Waals surface area contributed by atoms with Crippen molar-refractivity contribution >= 4 is 27.3 Å². The van der Waals surface area contributed by atoms with Crippen molar-refractivity contribution < 1.29 is 13.2 Å². The number of carbonyl (C=O) groups excluding carboxylic acids is 1. The molecule has 0 unspecified atom stereocenters. The molecule has 2 aromatic carbocycles. The van der Waals surface area contributed by atoms with E-state index in [0.717, 1.165) is 23.8 Å². The topological polar surface area (TPSA) is 66.5 Å². The lowest BCUT2D eigenvalue weighted by Gasteiger charge is -2.26. The van der Waals surface area contributed by atoms with Crippen LogP contribution in [0.3, 0.4) is 0 Å². The Morgan fingerprint density at radius 2 is 1.48 bits per heavy atom. The van der Waals surface area contributed by atoms with Crippen LogP contribution in [-0.2, 0) is 34.1 Å². The highest BCUT2D eigenvalue weighted by Crippen LogP contribution is 2.29. The Kier molecular flexibility index (Phi) is 7.02. The molecule has 0 saturated carbocycles. The lowest BCUT2D eigenvalue weighted by Crippen LogP contribution is -2.38. The third kappa shape index (κ3) is 5.32. The maximum Gasteiger partial charge on any atom is 0.245 e. The average Bonchev–Trinajstić information content (AvgIpc) is 2.65. The zero-order chi connectivity index (χ0) is 20.0. The summed E-state index contributed by atoms with van der Waals surface area (Å²) in [5.41, 5.74) is 4.29. The van der Waals surface area contributed by atoms with Gasteiger partial charge in [-0.2, -0.15) is 0 Å². The van der Waals surface area contributed by atoms with Gasteiger partial charge in [-0.15, -0.1) is 0 Å². The van der Waals surface area contributed by atoms with Gasteiger partial charge < -0.3 is 5.32 Å². The van der Waals surface area contributed by atoms with Crippen molar-refractivity contribution in [3.8, 4) is 0 Å². The van der Waals surface area contributed by atoms with Crippen LogP contribution >= 0.6 is 0 Å². The number of carbonyl (C=O) groups is 1. The summed E-state index contributed by atoms with van der Waals surface area (Å²) in [4.78, 5) is 12.6. The molecule has 0 radical (unpaired) electrons. The summed E-state index contributed by atoms with van der Waals surface area (Å²) >= 11 is 0. The van der Waals surface area contributed by atoms with Crippen molar-refractivity contribution in [1.82, 2.24) is 0 Å². The minimum atomic E-state index is -3.61. The van der Waals surface area contributed by atoms with Gasteiger partial charge in [-0.1, -0.05) is 51.1 Å². The number of anilines is 2. The summed E-state index contributed by atoms with van der Waals surface area (Å²) in [5.74, 6) is -0.363. The van der Waals surface area contributed by atoms with E-state index in [0.29, 0.717) is 24.2 Å². The van der Waals surface area contributed by atoms with Crippen LogP contribution in [-0.4, -0.2) is 27.1 Å². The van der Waals surface area contributed by atoms with Crippen LogP contribution < -0.4 is 9.62 Å². The van der Waals surface area contributed by atoms with Crippen LogP contribution in [0.4, 0.5) is 11.4 Å². The molecular formula is C21H28N2O3S. The Bertz CT molecular complexity index is 868. The zero-order valence-electron chi connectivity index (χ0n) is 16.5. The minimum Gasteiger partial charge on any atom is -0.325 e. The van der Waals surface area contributed by atoms with E-state index in [9.17, 15) is 13.2 Å². The van der Waals surface area contributed by atoms with Crippen molar-refractivity contribution in [3.05, 3.63) is 59.2 Å². The van der Waals surface area contributed by atoms with Crippen LogP contribution in [0.15, 0.2) is 42.5 Å². The van der Waals surface area contributed by atoms with Gasteiger partial charge in [0.2, 0.25) is 15.9 Å². The Morgan fingerprint density at radius 3 is 1.93 bits per heavy atom. The molecular weight excluding hydrogens is 360 g/mol. The molecule has 0 saturated heterocycles. The first-order valence-electron chi connectivity index (χ1n) is 9.27. The Labute approximate surface area is 162 Å². The molecule has 1 amide bonds. The average molecular weight is 389 g/mol. The van der Waals surface area contributed by atoms with Crippen molar-refractivity contribution in [2.24, 2.45) is 0 Å². The fraction of sp³-hybridized carbons (Fsp3) is 0.381. The SMILES string of the molecule is CCc1ccc(NC(=O)CN(c2c(CC)cccc2CC)S(C)(=O)=O)cc1. The van der Waals surface area contributed by atoms with Gasteiger partial charge in [0.15, 0.2) is 0 Å². The normalized spacial score (nSPS) is 11.3. The fourth-order valence-electron chi connectivity index (χ4n) is 3.05. The van der Waals surface area contributed by atoms with Gasteiger partial charge in [0.1, 0.15) is 6.54 Å². The van der Waals surface area contributed by atoms with E-state index in [-0.39, 0.29) is 12.5 Å². The van der Waals surface area contributed by atoms with Gasteiger partial charge in [-0.25, -0.2) is 8.42 Å². The lowest BCUT2D eigenvalue weighted by molar-refractivity contribution is -0.114. The van der Waals surface area contributed by atoms with E-state index in [1.54, 1.807) is 0 Å². The van der Waals surface area contributed by atoms with Crippen molar-refractivity contribution in [3.63, 3.8) is 0 Å². The second-order valence-electron chi connectivity index (χ2n) is 6.50. The standard InChI is InChI=1S/C21H28N2O3S/c1-5-16-11-13-19(14-12-16)22-20(24)15-23(27(4,25)26)21-17(6-2)9-8-10-18(21)7-3/h8-14H,5-7,15H2,1-4H3,(H,22,24). The van der Waals surface area contributed by atoms with Crippen molar-refractivity contribution in [2.75, 3.05) is 22.4 Å². The molecule has 1 N–H and O–H groups in total. The smallest absolute Gasteiger partial charge is 0.245 e. The predicted molar refractivity (Wildman–Crippen MR) is 112 cm³/mol. The maximum atomic E-state index is 12.6. The number of aryl methyl sites for hydroxylation is 3.